The van der Waals surface area contributed by atoms with Crippen LogP contribution in [0, 0.1) is 46.3 Å². The van der Waals surface area contributed by atoms with Crippen LogP contribution in [0.4, 0.5) is 0 Å². The van der Waals surface area contributed by atoms with Gasteiger partial charge in [0.05, 0.1) is 6.04 Å². The number of unbranched alkanes of at least 4 members (excludes halogenated alkanes) is 1. The van der Waals surface area contributed by atoms with E-state index in [1.807, 2.05) is 0 Å². The smallest absolute Gasteiger partial charge is 0.326 e. The number of nitrogens with one attached hydrogen (secondary N) is 1. The van der Waals surface area contributed by atoms with Gasteiger partial charge in [-0.25, -0.2) is 4.79 Å². The number of aliphatic carboxylic acids is 1. The van der Waals surface area contributed by atoms with Gasteiger partial charge in [0.25, 0.3) is 8.32 Å². The number of hydrogen-bond donors (Lipinski definition) is 4. The van der Waals surface area contributed by atoms with Crippen molar-refractivity contribution >= 4 is 36.5 Å². The first kappa shape index (κ1) is 46.0. The molecule has 10 heteroatoms. The maximum absolute atomic E-state index is 13.4. The molecule has 0 spiro atoms. The maximum Gasteiger partial charge on any atom is 0.326 e. The molecule has 6 N–H and O–H groups in total. The highest BCUT2D eigenvalue weighted by molar-refractivity contribution is 6.99. The van der Waals surface area contributed by atoms with Crippen molar-refractivity contribution in [2.24, 2.45) is 57.8 Å². The number of benzene rings is 2. The van der Waals surface area contributed by atoms with Crippen molar-refractivity contribution in [3.63, 3.8) is 0 Å². The van der Waals surface area contributed by atoms with Crippen LogP contribution in [0.1, 0.15) is 138 Å². The molecule has 0 radical (unpaired) electrons. The fourth-order valence-corrected chi connectivity index (χ4v) is 19.1. The fraction of sp³-hybridized carbons (Fsp3) is 0.706. The first-order chi connectivity index (χ1) is 29.0. The second kappa shape index (κ2) is 18.6. The number of carbonyl (C=O) groups is 3. The number of rotatable bonds is 15. The van der Waals surface area contributed by atoms with E-state index in [1.165, 1.54) is 66.6 Å². The monoisotopic (exact) mass is 855 g/mol. The van der Waals surface area contributed by atoms with E-state index >= 15 is 0 Å². The Morgan fingerprint density at radius 2 is 1.51 bits per heavy atom. The SMILES string of the molecule is C[C@H](CCC(=O)N[C@H]1C[C@@H](C(=O)O)N(C(=O)C(N)CCCCN)C1)[C@H]1CCC2C3CCC4C[C@@H](O[Si](c5ccccc5)(c5ccccc5)C(C)(C)C)CC[C@]4(C)C3CC[C@@]21C. The van der Waals surface area contributed by atoms with Crippen molar-refractivity contribution in [1.82, 2.24) is 10.2 Å². The van der Waals surface area contributed by atoms with Crippen LogP contribution in [-0.2, 0) is 18.8 Å². The van der Waals surface area contributed by atoms with Crippen LogP contribution in [0.25, 0.3) is 0 Å². The lowest BCUT2D eigenvalue weighted by atomic mass is 9.44. The van der Waals surface area contributed by atoms with Gasteiger partial charge in [-0.2, -0.15) is 0 Å². The van der Waals surface area contributed by atoms with Gasteiger partial charge in [-0.15, -0.1) is 0 Å². The van der Waals surface area contributed by atoms with E-state index in [0.717, 1.165) is 43.4 Å². The average Bonchev–Trinajstić information content (AvgIpc) is 3.83. The van der Waals surface area contributed by atoms with Gasteiger partial charge >= 0.3 is 5.97 Å². The Balaban J connectivity index is 0.955. The van der Waals surface area contributed by atoms with Gasteiger partial charge in [0.1, 0.15) is 6.04 Å². The van der Waals surface area contributed by atoms with Crippen LogP contribution in [0.3, 0.4) is 0 Å². The standard InChI is InChI=1S/C51H78N4O5Si/c1-34(20-25-46(56)54-36-32-45(48(58)59)55(33-36)47(57)44(53)19-13-14-30-52)41-23-24-42-40-22-21-35-31-37(26-28-50(35,5)43(40)27-29-51(41,42)6)60-61(49(2,3)4,38-15-9-7-10-16-38)39-17-11-8-12-18-39/h7-12,15-18,34-37,40-45H,13-14,19-33,52-53H2,1-6H3,(H,54,56)(H,58,59)/t34-,35?,36+,37+,40?,41-,42?,43?,44?,45+,50+,51-/m1/s1. The van der Waals surface area contributed by atoms with Gasteiger partial charge < -0.3 is 31.2 Å². The zero-order valence-corrected chi connectivity index (χ0v) is 39.2. The minimum atomic E-state index is -2.61. The number of nitrogens with two attached hydrogens (primary N) is 2. The molecule has 5 fully saturated rings. The molecule has 4 aliphatic carbocycles. The molecule has 2 aromatic rings. The normalized spacial score (nSPS) is 33.5. The van der Waals surface area contributed by atoms with Crippen LogP contribution < -0.4 is 27.2 Å². The van der Waals surface area contributed by atoms with E-state index < -0.39 is 26.4 Å². The highest BCUT2D eigenvalue weighted by Crippen LogP contribution is 2.68. The molecule has 5 unspecified atom stereocenters. The van der Waals surface area contributed by atoms with E-state index in [2.05, 4.69) is 108 Å². The highest BCUT2D eigenvalue weighted by atomic mass is 28.4. The first-order valence-corrected chi connectivity index (χ1v) is 26.0. The third kappa shape index (κ3) is 8.91. The zero-order chi connectivity index (χ0) is 43.7. The predicted molar refractivity (Wildman–Crippen MR) is 247 cm³/mol. The van der Waals surface area contributed by atoms with Gasteiger partial charge in [0.15, 0.2) is 0 Å². The van der Waals surface area contributed by atoms with Crippen molar-refractivity contribution in [2.75, 3.05) is 13.1 Å². The summed E-state index contributed by atoms with van der Waals surface area (Å²) in [6, 6.07) is 20.2. The molecule has 9 nitrogen and oxygen atoms in total. The van der Waals surface area contributed by atoms with E-state index in [4.69, 9.17) is 15.9 Å². The lowest BCUT2D eigenvalue weighted by Gasteiger charge is -2.62. The Labute approximate surface area is 368 Å². The number of carboxylic acid groups (broad SMARTS) is 1. The number of carbonyl (C=O) groups excluding carboxylic acids is 2. The van der Waals surface area contributed by atoms with Crippen LogP contribution >= 0.6 is 0 Å². The number of likely N-dealkylation sites (tertiary alicyclic amines) is 1. The summed E-state index contributed by atoms with van der Waals surface area (Å²) in [6.07, 6.45) is 15.0. The first-order valence-electron chi connectivity index (χ1n) is 24.1. The Morgan fingerprint density at radius 1 is 0.869 bits per heavy atom. The summed E-state index contributed by atoms with van der Waals surface area (Å²) in [5.74, 6) is 2.55. The lowest BCUT2D eigenvalue weighted by molar-refractivity contribution is -0.148. The van der Waals surface area contributed by atoms with Gasteiger partial charge in [-0.05, 0) is 145 Å². The lowest BCUT2D eigenvalue weighted by Crippen LogP contribution is -2.68. The zero-order valence-electron chi connectivity index (χ0n) is 38.2. The highest BCUT2D eigenvalue weighted by Gasteiger charge is 2.61. The molecule has 7 rings (SSSR count). The third-order valence-electron chi connectivity index (χ3n) is 17.5. The predicted octanol–water partition coefficient (Wildman–Crippen LogP) is 7.63. The summed E-state index contributed by atoms with van der Waals surface area (Å²) in [4.78, 5) is 40.0. The third-order valence-corrected chi connectivity index (χ3v) is 22.6. The van der Waals surface area contributed by atoms with E-state index in [0.29, 0.717) is 48.0 Å². The summed E-state index contributed by atoms with van der Waals surface area (Å²) in [7, 11) is -2.61. The second-order valence-corrected chi connectivity index (χ2v) is 26.1. The molecule has 0 aromatic heterocycles. The topological polar surface area (TPSA) is 148 Å². The molecule has 0 bridgehead atoms. The average molecular weight is 855 g/mol. The molecule has 61 heavy (non-hydrogen) atoms. The number of fused-ring (bicyclic) bond motifs is 5. The molecule has 4 saturated carbocycles. The molecule has 1 saturated heterocycles. The Morgan fingerprint density at radius 3 is 2.13 bits per heavy atom. The van der Waals surface area contributed by atoms with Gasteiger partial charge in [-0.1, -0.05) is 109 Å². The molecule has 336 valence electrons. The van der Waals surface area contributed by atoms with Crippen molar-refractivity contribution < 1.29 is 23.9 Å². The number of nitrogens with zero attached hydrogens (tertiary/aromatic N) is 1. The van der Waals surface area contributed by atoms with E-state index in [-0.39, 0.29) is 42.0 Å². The van der Waals surface area contributed by atoms with Crippen molar-refractivity contribution in [3.8, 4) is 0 Å². The van der Waals surface area contributed by atoms with Crippen molar-refractivity contribution in [1.29, 1.82) is 0 Å². The van der Waals surface area contributed by atoms with Gasteiger partial charge in [0.2, 0.25) is 11.8 Å². The molecule has 5 aliphatic rings. The Kier molecular flexibility index (Phi) is 14.0. The van der Waals surface area contributed by atoms with Gasteiger partial charge in [0, 0.05) is 31.5 Å². The van der Waals surface area contributed by atoms with Crippen molar-refractivity contribution in [2.45, 2.75) is 167 Å². The Hall–Kier alpha value is -3.05. The van der Waals surface area contributed by atoms with Crippen LogP contribution in [0.15, 0.2) is 60.7 Å². The van der Waals surface area contributed by atoms with E-state index in [9.17, 15) is 19.5 Å². The van der Waals surface area contributed by atoms with Crippen LogP contribution in [0.5, 0.6) is 0 Å². The van der Waals surface area contributed by atoms with Crippen molar-refractivity contribution in [3.05, 3.63) is 60.7 Å². The molecule has 2 amide bonds. The van der Waals surface area contributed by atoms with Crippen LogP contribution in [0.2, 0.25) is 5.04 Å². The summed E-state index contributed by atoms with van der Waals surface area (Å²) in [5, 5.41) is 15.7. The molecule has 1 aliphatic heterocycles. The number of carboxylic acids is 1. The minimum Gasteiger partial charge on any atom is -0.480 e. The summed E-state index contributed by atoms with van der Waals surface area (Å²) >= 11 is 0. The molecular weight excluding hydrogens is 777 g/mol. The molecule has 12 atom stereocenters. The molecule has 1 heterocycles. The maximum atomic E-state index is 13.4. The Bertz CT molecular complexity index is 1780. The van der Waals surface area contributed by atoms with Gasteiger partial charge in [-0.3, -0.25) is 9.59 Å². The summed E-state index contributed by atoms with van der Waals surface area (Å²) in [6.45, 7) is 15.5. The largest absolute Gasteiger partial charge is 0.480 e. The second-order valence-electron chi connectivity index (χ2n) is 21.8. The minimum absolute atomic E-state index is 0.0215. The summed E-state index contributed by atoms with van der Waals surface area (Å²) in [5.41, 5.74) is 12.4. The van der Waals surface area contributed by atoms with Crippen LogP contribution in [-0.4, -0.2) is 73.4 Å². The molecular formula is C51H78N4O5Si. The summed E-state index contributed by atoms with van der Waals surface area (Å²) < 4.78 is 7.76. The quantitative estimate of drug-likeness (QED) is 0.106. The fourth-order valence-electron chi connectivity index (χ4n) is 14.4. The van der Waals surface area contributed by atoms with E-state index in [1.54, 1.807) is 0 Å². The number of amides is 2. The molecule has 2 aromatic carbocycles. The number of hydrogen-bond acceptors (Lipinski definition) is 6.